The van der Waals surface area contributed by atoms with Gasteiger partial charge in [0, 0.05) is 24.7 Å². The van der Waals surface area contributed by atoms with Gasteiger partial charge < -0.3 is 9.64 Å². The highest BCUT2D eigenvalue weighted by Gasteiger charge is 2.48. The summed E-state index contributed by atoms with van der Waals surface area (Å²) in [7, 11) is 0. The minimum Gasteiger partial charge on any atom is -0.426 e. The summed E-state index contributed by atoms with van der Waals surface area (Å²) in [6.07, 6.45) is 3.26. The van der Waals surface area contributed by atoms with Crippen molar-refractivity contribution in [2.45, 2.75) is 33.1 Å². The molecule has 0 spiro atoms. The van der Waals surface area contributed by atoms with Crippen LogP contribution in [0.2, 0.25) is 0 Å². The number of fused-ring (bicyclic) bond motifs is 1. The molecule has 2 saturated heterocycles. The van der Waals surface area contributed by atoms with Gasteiger partial charge in [0.25, 0.3) is 0 Å². The van der Waals surface area contributed by atoms with Crippen LogP contribution in [0.15, 0.2) is 60.2 Å². The molecule has 0 radical (unpaired) electrons. The molecule has 0 bridgehead atoms. The SMILES string of the molecule is CC1=CC[C@@H]2C(=O)N(c3cccc(OC(=O)[C@@H]4CC(=O)N(c5ccccc5C)C4)c3)C(=O)[C@@H]2C1. The van der Waals surface area contributed by atoms with E-state index in [0.717, 1.165) is 16.8 Å². The van der Waals surface area contributed by atoms with E-state index in [2.05, 4.69) is 0 Å². The molecular formula is C27H26N2O5. The quantitative estimate of drug-likeness (QED) is 0.301. The monoisotopic (exact) mass is 458 g/mol. The number of amides is 3. The molecule has 0 unspecified atom stereocenters. The number of aryl methyl sites for hydroxylation is 1. The molecule has 3 atom stereocenters. The molecule has 0 saturated carbocycles. The van der Waals surface area contributed by atoms with Crippen molar-refractivity contribution in [2.24, 2.45) is 17.8 Å². The average molecular weight is 459 g/mol. The van der Waals surface area contributed by atoms with E-state index in [1.54, 1.807) is 29.2 Å². The van der Waals surface area contributed by atoms with Crippen molar-refractivity contribution in [3.05, 3.63) is 65.7 Å². The number of rotatable bonds is 4. The minimum atomic E-state index is -0.595. The fourth-order valence-corrected chi connectivity index (χ4v) is 5.14. The average Bonchev–Trinajstić information content (AvgIpc) is 3.31. The second kappa shape index (κ2) is 8.56. The predicted octanol–water partition coefficient (Wildman–Crippen LogP) is 3.80. The van der Waals surface area contributed by atoms with Crippen molar-refractivity contribution in [1.82, 2.24) is 0 Å². The second-order valence-corrected chi connectivity index (χ2v) is 9.33. The Morgan fingerprint density at radius 1 is 0.941 bits per heavy atom. The maximum atomic E-state index is 13.0. The number of allylic oxidation sites excluding steroid dienone is 2. The Hall–Kier alpha value is -3.74. The lowest BCUT2D eigenvalue weighted by molar-refractivity contribution is -0.139. The Balaban J connectivity index is 1.30. The largest absolute Gasteiger partial charge is 0.426 e. The van der Waals surface area contributed by atoms with Gasteiger partial charge in [0.1, 0.15) is 5.75 Å². The summed E-state index contributed by atoms with van der Waals surface area (Å²) in [6.45, 7) is 4.15. The van der Waals surface area contributed by atoms with Gasteiger partial charge in [-0.3, -0.25) is 19.2 Å². The van der Waals surface area contributed by atoms with Crippen molar-refractivity contribution in [2.75, 3.05) is 16.3 Å². The molecule has 7 heteroatoms. The van der Waals surface area contributed by atoms with Crippen LogP contribution in [0.25, 0.3) is 0 Å². The molecule has 34 heavy (non-hydrogen) atoms. The highest BCUT2D eigenvalue weighted by molar-refractivity contribution is 6.22. The molecule has 2 aromatic rings. The van der Waals surface area contributed by atoms with Gasteiger partial charge in [-0.1, -0.05) is 35.9 Å². The van der Waals surface area contributed by atoms with Crippen LogP contribution in [0.3, 0.4) is 0 Å². The van der Waals surface area contributed by atoms with Crippen LogP contribution >= 0.6 is 0 Å². The molecule has 7 nitrogen and oxygen atoms in total. The van der Waals surface area contributed by atoms with Gasteiger partial charge >= 0.3 is 5.97 Å². The van der Waals surface area contributed by atoms with E-state index in [-0.39, 0.29) is 48.3 Å². The summed E-state index contributed by atoms with van der Waals surface area (Å²) in [5.74, 6) is -2.06. The minimum absolute atomic E-state index is 0.0751. The van der Waals surface area contributed by atoms with Crippen LogP contribution in [0, 0.1) is 24.7 Å². The number of hydrogen-bond donors (Lipinski definition) is 0. The van der Waals surface area contributed by atoms with E-state index in [1.807, 2.05) is 44.2 Å². The third-order valence-corrected chi connectivity index (χ3v) is 6.98. The van der Waals surface area contributed by atoms with Gasteiger partial charge in [0.2, 0.25) is 17.7 Å². The highest BCUT2D eigenvalue weighted by atomic mass is 16.5. The summed E-state index contributed by atoms with van der Waals surface area (Å²) >= 11 is 0. The van der Waals surface area contributed by atoms with Gasteiger partial charge in [-0.15, -0.1) is 0 Å². The number of benzene rings is 2. The first-order valence-electron chi connectivity index (χ1n) is 11.5. The van der Waals surface area contributed by atoms with Crippen LogP contribution in [0.5, 0.6) is 5.75 Å². The zero-order valence-corrected chi connectivity index (χ0v) is 19.2. The summed E-state index contributed by atoms with van der Waals surface area (Å²) < 4.78 is 5.59. The molecule has 174 valence electrons. The molecule has 0 aromatic heterocycles. The highest BCUT2D eigenvalue weighted by Crippen LogP contribution is 2.40. The first-order valence-corrected chi connectivity index (χ1v) is 11.5. The Labute approximate surface area is 198 Å². The maximum Gasteiger partial charge on any atom is 0.316 e. The van der Waals surface area contributed by atoms with Gasteiger partial charge in [-0.2, -0.15) is 0 Å². The van der Waals surface area contributed by atoms with Crippen molar-refractivity contribution < 1.29 is 23.9 Å². The van der Waals surface area contributed by atoms with Crippen LogP contribution in [-0.4, -0.2) is 30.2 Å². The maximum absolute atomic E-state index is 13.0. The van der Waals surface area contributed by atoms with E-state index in [1.165, 1.54) is 4.90 Å². The second-order valence-electron chi connectivity index (χ2n) is 9.33. The number of carbonyl (C=O) groups excluding carboxylic acids is 4. The van der Waals surface area contributed by atoms with E-state index >= 15 is 0 Å². The van der Waals surface area contributed by atoms with Crippen LogP contribution in [-0.2, 0) is 19.2 Å². The number of hydrogen-bond acceptors (Lipinski definition) is 5. The van der Waals surface area contributed by atoms with Gasteiger partial charge in [0.05, 0.1) is 23.4 Å². The van der Waals surface area contributed by atoms with Gasteiger partial charge in [-0.25, -0.2) is 4.90 Å². The Bertz CT molecular complexity index is 1230. The van der Waals surface area contributed by atoms with E-state index in [0.29, 0.717) is 18.5 Å². The molecule has 2 heterocycles. The fraction of sp³-hybridized carbons (Fsp3) is 0.333. The lowest BCUT2D eigenvalue weighted by atomic mass is 9.82. The molecule has 1 aliphatic carbocycles. The molecule has 3 amide bonds. The van der Waals surface area contributed by atoms with Crippen molar-refractivity contribution in [3.63, 3.8) is 0 Å². The Morgan fingerprint density at radius 3 is 2.50 bits per heavy atom. The normalized spacial score (nSPS) is 24.4. The number of esters is 1. The van der Waals surface area contributed by atoms with Crippen molar-refractivity contribution in [1.29, 1.82) is 0 Å². The predicted molar refractivity (Wildman–Crippen MR) is 126 cm³/mol. The zero-order chi connectivity index (χ0) is 24.0. The molecule has 2 aromatic carbocycles. The smallest absolute Gasteiger partial charge is 0.316 e. The topological polar surface area (TPSA) is 84.0 Å². The molecule has 2 aliphatic heterocycles. The summed E-state index contributed by atoms with van der Waals surface area (Å²) in [5.41, 5.74) is 3.28. The fourth-order valence-electron chi connectivity index (χ4n) is 5.14. The Kier molecular flexibility index (Phi) is 5.55. The third-order valence-electron chi connectivity index (χ3n) is 6.98. The lowest BCUT2D eigenvalue weighted by Crippen LogP contribution is -2.31. The summed E-state index contributed by atoms with van der Waals surface area (Å²) in [4.78, 5) is 54.2. The van der Waals surface area contributed by atoms with Crippen LogP contribution < -0.4 is 14.5 Å². The number of ether oxygens (including phenoxy) is 1. The summed E-state index contributed by atoms with van der Waals surface area (Å²) in [5, 5.41) is 0. The van der Waals surface area contributed by atoms with Crippen molar-refractivity contribution >= 4 is 35.1 Å². The van der Waals surface area contributed by atoms with E-state index in [9.17, 15) is 19.2 Å². The first-order chi connectivity index (χ1) is 16.3. The van der Waals surface area contributed by atoms with E-state index < -0.39 is 11.9 Å². The molecule has 0 N–H and O–H groups in total. The molecule has 3 aliphatic rings. The third kappa shape index (κ3) is 3.81. The van der Waals surface area contributed by atoms with Crippen LogP contribution in [0.4, 0.5) is 11.4 Å². The molecular weight excluding hydrogens is 432 g/mol. The first kappa shape index (κ1) is 22.1. The van der Waals surface area contributed by atoms with Crippen LogP contribution in [0.1, 0.15) is 31.7 Å². The molecule has 5 rings (SSSR count). The lowest BCUT2D eigenvalue weighted by Gasteiger charge is -2.19. The number of para-hydroxylation sites is 1. The van der Waals surface area contributed by atoms with E-state index in [4.69, 9.17) is 4.74 Å². The standard InChI is InChI=1S/C27H26N2O5/c1-16-10-11-21-22(12-16)26(32)29(25(21)31)19-7-5-8-20(14-19)34-27(33)18-13-24(30)28(15-18)23-9-4-3-6-17(23)2/h3-10,14,18,21-22H,11-13,15H2,1-2H3/t18-,21+,22-/m1/s1. The number of nitrogens with zero attached hydrogens (tertiary/aromatic N) is 2. The Morgan fingerprint density at radius 2 is 1.71 bits per heavy atom. The summed E-state index contributed by atoms with van der Waals surface area (Å²) in [6, 6.07) is 14.0. The number of anilines is 2. The molecule has 2 fully saturated rings. The number of imide groups is 1. The zero-order valence-electron chi connectivity index (χ0n) is 19.2. The van der Waals surface area contributed by atoms with Gasteiger partial charge in [-0.05, 0) is 50.5 Å². The van der Waals surface area contributed by atoms with Gasteiger partial charge in [0.15, 0.2) is 0 Å². The van der Waals surface area contributed by atoms with Crippen molar-refractivity contribution in [3.8, 4) is 5.75 Å². The number of carbonyl (C=O) groups is 4.